The van der Waals surface area contributed by atoms with Gasteiger partial charge in [0.25, 0.3) is 0 Å². The van der Waals surface area contributed by atoms with Gasteiger partial charge < -0.3 is 5.32 Å². The maximum absolute atomic E-state index is 4.47. The number of fused-ring (bicyclic) bond motifs is 1. The topological polar surface area (TPSA) is 24.9 Å². The quantitative estimate of drug-likeness (QED) is 0.748. The van der Waals surface area contributed by atoms with Crippen LogP contribution in [0, 0.1) is 0 Å². The van der Waals surface area contributed by atoms with Gasteiger partial charge in [0.1, 0.15) is 0 Å². The summed E-state index contributed by atoms with van der Waals surface area (Å²) in [7, 11) is 0. The van der Waals surface area contributed by atoms with E-state index in [1.165, 1.54) is 31.1 Å². The van der Waals surface area contributed by atoms with E-state index in [-0.39, 0.29) is 0 Å². The summed E-state index contributed by atoms with van der Waals surface area (Å²) in [6, 6.07) is 10.9. The zero-order valence-electron chi connectivity index (χ0n) is 11.3. The van der Waals surface area contributed by atoms with Gasteiger partial charge in [0, 0.05) is 11.4 Å². The van der Waals surface area contributed by atoms with Crippen molar-refractivity contribution in [3.8, 4) is 0 Å². The average Bonchev–Trinajstić information content (AvgIpc) is 2.39. The highest BCUT2D eigenvalue weighted by atomic mass is 14.9. The van der Waals surface area contributed by atoms with Gasteiger partial charge in [-0.05, 0) is 25.5 Å². The number of benzene rings is 1. The molecule has 2 nitrogen and oxygen atoms in total. The largest absolute Gasteiger partial charge is 0.381 e. The molecular formula is C16H22N2. The highest BCUT2D eigenvalue weighted by Crippen LogP contribution is 2.17. The maximum Gasteiger partial charge on any atom is 0.0703 e. The first-order chi connectivity index (χ1) is 8.79. The Kier molecular flexibility index (Phi) is 4.57. The second-order valence-electron chi connectivity index (χ2n) is 4.96. The molecule has 0 radical (unpaired) electrons. The average molecular weight is 242 g/mol. The van der Waals surface area contributed by atoms with Gasteiger partial charge in [0.05, 0.1) is 17.4 Å². The molecule has 1 N–H and O–H groups in total. The second-order valence-corrected chi connectivity index (χ2v) is 4.96. The van der Waals surface area contributed by atoms with E-state index in [0.29, 0.717) is 6.04 Å². The number of aromatic nitrogens is 1. The SMILES string of the molecule is CCCCCC(C)Nc1cnc2ccccc2c1. The lowest BCUT2D eigenvalue weighted by atomic mass is 10.1. The van der Waals surface area contributed by atoms with E-state index in [1.807, 2.05) is 18.3 Å². The Bertz CT molecular complexity index is 493. The lowest BCUT2D eigenvalue weighted by Gasteiger charge is -2.15. The summed E-state index contributed by atoms with van der Waals surface area (Å²) in [6.07, 6.45) is 7.05. The molecule has 1 heterocycles. The van der Waals surface area contributed by atoms with Crippen LogP contribution >= 0.6 is 0 Å². The molecule has 2 heteroatoms. The number of nitrogens with zero attached hydrogens (tertiary/aromatic N) is 1. The number of rotatable bonds is 6. The summed E-state index contributed by atoms with van der Waals surface area (Å²) in [5, 5.41) is 4.73. The third kappa shape index (κ3) is 3.46. The van der Waals surface area contributed by atoms with Crippen molar-refractivity contribution in [2.75, 3.05) is 5.32 Å². The first-order valence-electron chi connectivity index (χ1n) is 6.91. The normalized spacial score (nSPS) is 12.6. The number of hydrogen-bond acceptors (Lipinski definition) is 2. The maximum atomic E-state index is 4.47. The molecule has 2 rings (SSSR count). The molecule has 1 aromatic heterocycles. The molecule has 2 aromatic rings. The van der Waals surface area contributed by atoms with Crippen molar-refractivity contribution in [1.82, 2.24) is 4.98 Å². The van der Waals surface area contributed by atoms with Gasteiger partial charge in [-0.25, -0.2) is 0 Å². The Morgan fingerprint density at radius 3 is 2.89 bits per heavy atom. The minimum Gasteiger partial charge on any atom is -0.381 e. The number of para-hydroxylation sites is 1. The molecule has 0 saturated carbocycles. The Morgan fingerprint density at radius 2 is 2.06 bits per heavy atom. The van der Waals surface area contributed by atoms with Gasteiger partial charge in [-0.3, -0.25) is 4.98 Å². The van der Waals surface area contributed by atoms with E-state index in [0.717, 1.165) is 11.2 Å². The Labute approximate surface area is 109 Å². The molecule has 0 saturated heterocycles. The van der Waals surface area contributed by atoms with E-state index >= 15 is 0 Å². The van der Waals surface area contributed by atoms with E-state index in [9.17, 15) is 0 Å². The predicted molar refractivity (Wildman–Crippen MR) is 79.0 cm³/mol. The Morgan fingerprint density at radius 1 is 1.22 bits per heavy atom. The fourth-order valence-corrected chi connectivity index (χ4v) is 2.21. The van der Waals surface area contributed by atoms with Crippen LogP contribution in [0.5, 0.6) is 0 Å². The lowest BCUT2D eigenvalue weighted by molar-refractivity contribution is 0.615. The van der Waals surface area contributed by atoms with Crippen molar-refractivity contribution in [3.63, 3.8) is 0 Å². The van der Waals surface area contributed by atoms with Crippen LogP contribution < -0.4 is 5.32 Å². The van der Waals surface area contributed by atoms with E-state index in [4.69, 9.17) is 0 Å². The number of nitrogens with one attached hydrogen (secondary N) is 1. The fourth-order valence-electron chi connectivity index (χ4n) is 2.21. The van der Waals surface area contributed by atoms with Gasteiger partial charge in [-0.1, -0.05) is 44.4 Å². The van der Waals surface area contributed by atoms with Crippen molar-refractivity contribution in [2.24, 2.45) is 0 Å². The summed E-state index contributed by atoms with van der Waals surface area (Å²) in [5.41, 5.74) is 2.18. The molecule has 0 spiro atoms. The van der Waals surface area contributed by atoms with Crippen molar-refractivity contribution >= 4 is 16.6 Å². The molecular weight excluding hydrogens is 220 g/mol. The van der Waals surface area contributed by atoms with Crippen molar-refractivity contribution in [1.29, 1.82) is 0 Å². The number of pyridine rings is 1. The highest BCUT2D eigenvalue weighted by molar-refractivity contribution is 5.81. The molecule has 1 atom stereocenters. The van der Waals surface area contributed by atoms with Gasteiger partial charge in [-0.2, -0.15) is 0 Å². The third-order valence-corrected chi connectivity index (χ3v) is 3.24. The van der Waals surface area contributed by atoms with Crippen LogP contribution in [-0.2, 0) is 0 Å². The summed E-state index contributed by atoms with van der Waals surface area (Å²) in [4.78, 5) is 4.47. The van der Waals surface area contributed by atoms with Crippen LogP contribution in [0.25, 0.3) is 10.9 Å². The van der Waals surface area contributed by atoms with Crippen molar-refractivity contribution in [3.05, 3.63) is 36.5 Å². The second kappa shape index (κ2) is 6.39. The number of anilines is 1. The summed E-state index contributed by atoms with van der Waals surface area (Å²) in [5.74, 6) is 0. The molecule has 0 aliphatic rings. The third-order valence-electron chi connectivity index (χ3n) is 3.24. The smallest absolute Gasteiger partial charge is 0.0703 e. The summed E-state index contributed by atoms with van der Waals surface area (Å²) >= 11 is 0. The van der Waals surface area contributed by atoms with Gasteiger partial charge in [0.2, 0.25) is 0 Å². The molecule has 1 unspecified atom stereocenters. The lowest BCUT2D eigenvalue weighted by Crippen LogP contribution is -2.14. The molecule has 0 bridgehead atoms. The van der Waals surface area contributed by atoms with Crippen LogP contribution in [0.15, 0.2) is 36.5 Å². The number of unbranched alkanes of at least 4 members (excludes halogenated alkanes) is 2. The van der Waals surface area contributed by atoms with Crippen LogP contribution in [0.1, 0.15) is 39.5 Å². The highest BCUT2D eigenvalue weighted by Gasteiger charge is 2.03. The number of hydrogen-bond donors (Lipinski definition) is 1. The molecule has 1 aromatic carbocycles. The molecule has 0 aliphatic carbocycles. The Balaban J connectivity index is 1.98. The van der Waals surface area contributed by atoms with Crippen LogP contribution in [-0.4, -0.2) is 11.0 Å². The predicted octanol–water partition coefficient (Wildman–Crippen LogP) is 4.62. The van der Waals surface area contributed by atoms with Crippen LogP contribution in [0.3, 0.4) is 0 Å². The van der Waals surface area contributed by atoms with Crippen LogP contribution in [0.2, 0.25) is 0 Å². The van der Waals surface area contributed by atoms with Gasteiger partial charge in [0.15, 0.2) is 0 Å². The zero-order chi connectivity index (χ0) is 12.8. The molecule has 18 heavy (non-hydrogen) atoms. The van der Waals surface area contributed by atoms with Crippen molar-refractivity contribution in [2.45, 2.75) is 45.6 Å². The molecule has 0 aliphatic heterocycles. The zero-order valence-corrected chi connectivity index (χ0v) is 11.3. The van der Waals surface area contributed by atoms with E-state index < -0.39 is 0 Å². The van der Waals surface area contributed by atoms with E-state index in [1.54, 1.807) is 0 Å². The van der Waals surface area contributed by atoms with E-state index in [2.05, 4.69) is 42.3 Å². The monoisotopic (exact) mass is 242 g/mol. The molecule has 0 amide bonds. The van der Waals surface area contributed by atoms with Crippen molar-refractivity contribution < 1.29 is 0 Å². The standard InChI is InChI=1S/C16H22N2/c1-3-4-5-8-13(2)18-15-11-14-9-6-7-10-16(14)17-12-15/h6-7,9-13,18H,3-5,8H2,1-2H3. The first-order valence-corrected chi connectivity index (χ1v) is 6.91. The molecule has 96 valence electrons. The van der Waals surface area contributed by atoms with Gasteiger partial charge >= 0.3 is 0 Å². The minimum absolute atomic E-state index is 0.513. The fraction of sp³-hybridized carbons (Fsp3) is 0.438. The summed E-state index contributed by atoms with van der Waals surface area (Å²) in [6.45, 7) is 4.48. The van der Waals surface area contributed by atoms with Crippen LogP contribution in [0.4, 0.5) is 5.69 Å². The Hall–Kier alpha value is -1.57. The van der Waals surface area contributed by atoms with Gasteiger partial charge in [-0.15, -0.1) is 0 Å². The molecule has 0 fully saturated rings. The summed E-state index contributed by atoms with van der Waals surface area (Å²) < 4.78 is 0. The minimum atomic E-state index is 0.513. The first kappa shape index (κ1) is 12.9.